The first-order valence-corrected chi connectivity index (χ1v) is 11.0. The second-order valence-corrected chi connectivity index (χ2v) is 8.06. The lowest BCUT2D eigenvalue weighted by Crippen LogP contribution is -2.51. The summed E-state index contributed by atoms with van der Waals surface area (Å²) in [5.41, 5.74) is 3.00. The molecule has 0 unspecified atom stereocenters. The average Bonchev–Trinajstić information content (AvgIpc) is 2.83. The Kier molecular flexibility index (Phi) is 8.54. The third kappa shape index (κ3) is 6.38. The maximum absolute atomic E-state index is 12.7. The molecule has 0 aromatic heterocycles. The first-order valence-electron chi connectivity index (χ1n) is 11.0. The Morgan fingerprint density at radius 2 is 1.52 bits per heavy atom. The highest BCUT2D eigenvalue weighted by molar-refractivity contribution is 5.80. The molecule has 1 fully saturated rings. The predicted octanol–water partition coefficient (Wildman–Crippen LogP) is 2.02. The number of hydrogen-bond acceptors (Lipinski definition) is 6. The summed E-state index contributed by atoms with van der Waals surface area (Å²) in [5, 5.41) is 2.95. The fourth-order valence-corrected chi connectivity index (χ4v) is 3.92. The van der Waals surface area contributed by atoms with Gasteiger partial charge in [0.1, 0.15) is 5.75 Å². The zero-order chi connectivity index (χ0) is 23.8. The van der Waals surface area contributed by atoms with Crippen LogP contribution in [0.25, 0.3) is 0 Å². The number of carbonyl (C=O) groups excluding carboxylic acids is 2. The summed E-state index contributed by atoms with van der Waals surface area (Å²) in [4.78, 5) is 29.1. The highest BCUT2D eigenvalue weighted by atomic mass is 16.5. The van der Waals surface area contributed by atoms with Gasteiger partial charge < -0.3 is 24.4 Å². The van der Waals surface area contributed by atoms with Crippen molar-refractivity contribution in [1.82, 2.24) is 15.1 Å². The lowest BCUT2D eigenvalue weighted by atomic mass is 10.1. The molecule has 1 N–H and O–H groups in total. The molecule has 8 nitrogen and oxygen atoms in total. The van der Waals surface area contributed by atoms with Gasteiger partial charge in [0.25, 0.3) is 0 Å². The molecule has 2 aromatic carbocycles. The zero-order valence-electron chi connectivity index (χ0n) is 19.8. The molecule has 0 radical (unpaired) electrons. The normalized spacial score (nSPS) is 14.0. The molecular formula is C25H33N3O5. The Balaban J connectivity index is 1.47. The Bertz CT molecular complexity index is 971. The van der Waals surface area contributed by atoms with E-state index in [9.17, 15) is 9.59 Å². The van der Waals surface area contributed by atoms with E-state index in [1.54, 1.807) is 33.5 Å². The monoisotopic (exact) mass is 455 g/mol. The van der Waals surface area contributed by atoms with Crippen LogP contribution in [0.4, 0.5) is 0 Å². The largest absolute Gasteiger partial charge is 0.496 e. The zero-order valence-corrected chi connectivity index (χ0v) is 19.8. The molecular weight excluding hydrogens is 422 g/mol. The van der Waals surface area contributed by atoms with Crippen molar-refractivity contribution < 1.29 is 23.8 Å². The van der Waals surface area contributed by atoms with Crippen LogP contribution in [0.2, 0.25) is 0 Å². The number of ether oxygens (including phenoxy) is 3. The maximum atomic E-state index is 12.7. The van der Waals surface area contributed by atoms with Gasteiger partial charge in [-0.05, 0) is 24.1 Å². The molecule has 2 aromatic rings. The molecule has 1 aliphatic rings. The van der Waals surface area contributed by atoms with Crippen molar-refractivity contribution >= 4 is 11.8 Å². The number of rotatable bonds is 9. The molecule has 1 saturated heterocycles. The second kappa shape index (κ2) is 11.6. The minimum Gasteiger partial charge on any atom is -0.496 e. The standard InChI is InChI=1S/C25H33N3O5/c1-18-7-5-6-8-19(18)14-25(30)28-11-9-27(10-12-28)17-24(29)26-16-20-13-22(32-3)23(33-4)15-21(20)31-2/h5-8,13,15H,9-12,14,16-17H2,1-4H3,(H,26,29). The van der Waals surface area contributed by atoms with Crippen LogP contribution in [0.15, 0.2) is 36.4 Å². The van der Waals surface area contributed by atoms with E-state index in [0.29, 0.717) is 56.4 Å². The molecule has 0 saturated carbocycles. The molecule has 0 aliphatic carbocycles. The molecule has 8 heteroatoms. The van der Waals surface area contributed by atoms with Gasteiger partial charge in [-0.15, -0.1) is 0 Å². The van der Waals surface area contributed by atoms with Crippen LogP contribution in [0.3, 0.4) is 0 Å². The van der Waals surface area contributed by atoms with Crippen LogP contribution in [0.5, 0.6) is 17.2 Å². The van der Waals surface area contributed by atoms with Crippen LogP contribution in [0.1, 0.15) is 16.7 Å². The van der Waals surface area contributed by atoms with E-state index >= 15 is 0 Å². The van der Waals surface area contributed by atoms with Crippen molar-refractivity contribution in [2.75, 3.05) is 54.1 Å². The lowest BCUT2D eigenvalue weighted by Gasteiger charge is -2.34. The van der Waals surface area contributed by atoms with Crippen LogP contribution >= 0.6 is 0 Å². The first kappa shape index (κ1) is 24.4. The van der Waals surface area contributed by atoms with E-state index < -0.39 is 0 Å². The fraction of sp³-hybridized carbons (Fsp3) is 0.440. The number of nitrogens with one attached hydrogen (secondary N) is 1. The van der Waals surface area contributed by atoms with Crippen molar-refractivity contribution in [2.24, 2.45) is 0 Å². The van der Waals surface area contributed by atoms with Crippen LogP contribution in [-0.4, -0.2) is 75.7 Å². The average molecular weight is 456 g/mol. The number of nitrogens with zero attached hydrogens (tertiary/aromatic N) is 2. The van der Waals surface area contributed by atoms with E-state index in [1.165, 1.54) is 0 Å². The quantitative estimate of drug-likeness (QED) is 0.623. The van der Waals surface area contributed by atoms with Gasteiger partial charge in [-0.1, -0.05) is 24.3 Å². The summed E-state index contributed by atoms with van der Waals surface area (Å²) >= 11 is 0. The van der Waals surface area contributed by atoms with E-state index in [4.69, 9.17) is 14.2 Å². The fourth-order valence-electron chi connectivity index (χ4n) is 3.92. The van der Waals surface area contributed by atoms with Crippen molar-refractivity contribution in [3.8, 4) is 17.2 Å². The van der Waals surface area contributed by atoms with Crippen molar-refractivity contribution in [1.29, 1.82) is 0 Å². The number of hydrogen-bond donors (Lipinski definition) is 1. The molecule has 0 spiro atoms. The van der Waals surface area contributed by atoms with Crippen molar-refractivity contribution in [2.45, 2.75) is 19.9 Å². The van der Waals surface area contributed by atoms with Gasteiger partial charge in [0.2, 0.25) is 11.8 Å². The minimum absolute atomic E-state index is 0.0773. The molecule has 33 heavy (non-hydrogen) atoms. The molecule has 1 heterocycles. The van der Waals surface area contributed by atoms with Gasteiger partial charge in [-0.3, -0.25) is 14.5 Å². The Labute approximate surface area is 195 Å². The number of amides is 2. The number of piperazine rings is 1. The third-order valence-corrected chi connectivity index (χ3v) is 5.96. The molecule has 0 bridgehead atoms. The molecule has 1 aliphatic heterocycles. The lowest BCUT2D eigenvalue weighted by molar-refractivity contribution is -0.132. The summed E-state index contributed by atoms with van der Waals surface area (Å²) in [6.45, 7) is 5.23. The maximum Gasteiger partial charge on any atom is 0.234 e. The summed E-state index contributed by atoms with van der Waals surface area (Å²) in [6, 6.07) is 11.5. The van der Waals surface area contributed by atoms with Gasteiger partial charge in [0.05, 0.1) is 34.3 Å². The van der Waals surface area contributed by atoms with Crippen LogP contribution in [-0.2, 0) is 22.6 Å². The van der Waals surface area contributed by atoms with E-state index in [-0.39, 0.29) is 18.4 Å². The van der Waals surface area contributed by atoms with Crippen molar-refractivity contribution in [3.05, 3.63) is 53.1 Å². The number of aryl methyl sites for hydroxylation is 1. The highest BCUT2D eigenvalue weighted by Crippen LogP contribution is 2.34. The smallest absolute Gasteiger partial charge is 0.234 e. The summed E-state index contributed by atoms with van der Waals surface area (Å²) in [7, 11) is 4.71. The number of methoxy groups -OCH3 is 3. The Morgan fingerprint density at radius 3 is 2.15 bits per heavy atom. The topological polar surface area (TPSA) is 80.3 Å². The molecule has 2 amide bonds. The third-order valence-electron chi connectivity index (χ3n) is 5.96. The molecule has 3 rings (SSSR count). The minimum atomic E-state index is -0.0773. The number of benzene rings is 2. The van der Waals surface area contributed by atoms with E-state index in [0.717, 1.165) is 16.7 Å². The first-order chi connectivity index (χ1) is 15.9. The highest BCUT2D eigenvalue weighted by Gasteiger charge is 2.23. The molecule has 178 valence electrons. The van der Waals surface area contributed by atoms with Crippen LogP contribution < -0.4 is 19.5 Å². The van der Waals surface area contributed by atoms with E-state index in [1.807, 2.05) is 36.1 Å². The Morgan fingerprint density at radius 1 is 0.879 bits per heavy atom. The second-order valence-electron chi connectivity index (χ2n) is 8.06. The van der Waals surface area contributed by atoms with E-state index in [2.05, 4.69) is 10.2 Å². The van der Waals surface area contributed by atoms with Gasteiger partial charge in [0.15, 0.2) is 11.5 Å². The van der Waals surface area contributed by atoms with Gasteiger partial charge >= 0.3 is 0 Å². The van der Waals surface area contributed by atoms with Gasteiger partial charge in [-0.25, -0.2) is 0 Å². The number of carbonyl (C=O) groups is 2. The SMILES string of the molecule is COc1cc(OC)c(OC)cc1CNC(=O)CN1CCN(C(=O)Cc2ccccc2C)CC1. The Hall–Kier alpha value is -3.26. The molecule has 0 atom stereocenters. The van der Waals surface area contributed by atoms with Gasteiger partial charge in [-0.2, -0.15) is 0 Å². The summed E-state index contributed by atoms with van der Waals surface area (Å²) in [5.74, 6) is 1.82. The summed E-state index contributed by atoms with van der Waals surface area (Å²) < 4.78 is 16.1. The van der Waals surface area contributed by atoms with Gasteiger partial charge in [0, 0.05) is 44.4 Å². The predicted molar refractivity (Wildman–Crippen MR) is 126 cm³/mol. The van der Waals surface area contributed by atoms with Crippen LogP contribution in [0, 0.1) is 6.92 Å². The van der Waals surface area contributed by atoms with Crippen molar-refractivity contribution in [3.63, 3.8) is 0 Å². The summed E-state index contributed by atoms with van der Waals surface area (Å²) in [6.07, 6.45) is 0.417.